The van der Waals surface area contributed by atoms with Crippen molar-refractivity contribution in [3.05, 3.63) is 34.9 Å². The number of aromatic nitrogens is 1. The van der Waals surface area contributed by atoms with Crippen molar-refractivity contribution in [3.8, 4) is 0 Å². The smallest absolute Gasteiger partial charge is 0.129 e. The van der Waals surface area contributed by atoms with E-state index in [1.807, 2.05) is 30.3 Å². The topological polar surface area (TPSA) is 38.9 Å². The van der Waals surface area contributed by atoms with Crippen molar-refractivity contribution in [1.29, 1.82) is 0 Å². The number of nitrogens with zero attached hydrogens (tertiary/aromatic N) is 1. The molecule has 0 saturated heterocycles. The molecule has 0 aliphatic heterocycles. The van der Waals surface area contributed by atoms with Gasteiger partial charge in [-0.05, 0) is 28.1 Å². The number of rotatable bonds is 0. The highest BCUT2D eigenvalue weighted by atomic mass is 79.9. The third kappa shape index (κ3) is 1.16. The van der Waals surface area contributed by atoms with Gasteiger partial charge in [0.25, 0.3) is 0 Å². The van der Waals surface area contributed by atoms with Gasteiger partial charge in [-0.3, -0.25) is 0 Å². The Hall–Kier alpha value is -1.09. The van der Waals surface area contributed by atoms with Crippen molar-refractivity contribution < 1.29 is 0 Å². The third-order valence-corrected chi connectivity index (χ3v) is 2.34. The molecule has 0 aliphatic carbocycles. The fourth-order valence-electron chi connectivity index (χ4n) is 1.11. The monoisotopic (exact) mass is 222 g/mol. The molecule has 60 valence electrons. The van der Waals surface area contributed by atoms with Crippen LogP contribution < -0.4 is 5.73 Å². The summed E-state index contributed by atoms with van der Waals surface area (Å²) in [6, 6.07) is 9.78. The number of para-hydroxylation sites is 1. The molecule has 1 heterocycles. The van der Waals surface area contributed by atoms with Gasteiger partial charge in [-0.2, -0.15) is 0 Å². The average Bonchev–Trinajstić information content (AvgIpc) is 2.07. The van der Waals surface area contributed by atoms with Gasteiger partial charge in [-0.1, -0.05) is 18.2 Å². The van der Waals surface area contributed by atoms with Gasteiger partial charge in [-0.15, -0.1) is 0 Å². The molecule has 1 aromatic heterocycles. The molecule has 12 heavy (non-hydrogen) atoms. The summed E-state index contributed by atoms with van der Waals surface area (Å²) in [5.41, 5.74) is 7.31. The fraction of sp³-hybridized carbons (Fsp3) is 0. The Bertz CT molecular complexity index is 385. The molecule has 3 heteroatoms. The molecule has 1 aromatic carbocycles. The van der Waals surface area contributed by atoms with E-state index in [1.54, 1.807) is 0 Å². The highest BCUT2D eigenvalue weighted by Gasteiger charge is 1.98. The van der Waals surface area contributed by atoms with Gasteiger partial charge in [0.05, 0.1) is 11.2 Å². The van der Waals surface area contributed by atoms with Gasteiger partial charge in [0, 0.05) is 5.39 Å². The van der Waals surface area contributed by atoms with Crippen LogP contribution >= 0.6 is 15.9 Å². The van der Waals surface area contributed by atoms with Crippen LogP contribution in [-0.4, -0.2) is 4.98 Å². The lowest BCUT2D eigenvalue weighted by atomic mass is 10.2. The van der Waals surface area contributed by atoms with Gasteiger partial charge < -0.3 is 5.73 Å². The van der Waals surface area contributed by atoms with Crippen LogP contribution in [0.5, 0.6) is 0 Å². The van der Waals surface area contributed by atoms with Crippen molar-refractivity contribution in [2.75, 3.05) is 5.73 Å². The minimum absolute atomic E-state index is 0.675. The highest BCUT2D eigenvalue weighted by molar-refractivity contribution is 9.10. The second-order valence-electron chi connectivity index (χ2n) is 2.56. The lowest BCUT2D eigenvalue weighted by Gasteiger charge is -2.00. The quantitative estimate of drug-likeness (QED) is 0.697. The van der Waals surface area contributed by atoms with Gasteiger partial charge in [0.1, 0.15) is 4.60 Å². The molecule has 2 nitrogen and oxygen atoms in total. The van der Waals surface area contributed by atoms with Crippen LogP contribution in [0.2, 0.25) is 0 Å². The molecule has 2 rings (SSSR count). The molecule has 0 saturated carbocycles. The first-order chi connectivity index (χ1) is 5.77. The summed E-state index contributed by atoms with van der Waals surface area (Å²) in [4.78, 5) is 4.27. The molecule has 0 unspecified atom stereocenters. The van der Waals surface area contributed by atoms with E-state index in [1.165, 1.54) is 0 Å². The van der Waals surface area contributed by atoms with Crippen LogP contribution in [0.25, 0.3) is 10.9 Å². The first-order valence-corrected chi connectivity index (χ1v) is 4.37. The maximum absolute atomic E-state index is 5.68. The predicted molar refractivity (Wildman–Crippen MR) is 53.9 cm³/mol. The normalized spacial score (nSPS) is 10.4. The molecule has 0 spiro atoms. The summed E-state index contributed by atoms with van der Waals surface area (Å²) >= 11 is 3.28. The van der Waals surface area contributed by atoms with Crippen LogP contribution in [0.1, 0.15) is 0 Å². The van der Waals surface area contributed by atoms with Crippen LogP contribution in [0.3, 0.4) is 0 Å². The van der Waals surface area contributed by atoms with E-state index in [9.17, 15) is 0 Å². The van der Waals surface area contributed by atoms with Crippen molar-refractivity contribution in [2.45, 2.75) is 0 Å². The Morgan fingerprint density at radius 2 is 2.00 bits per heavy atom. The largest absolute Gasteiger partial charge is 0.397 e. The van der Waals surface area contributed by atoms with Crippen LogP contribution in [0.4, 0.5) is 5.69 Å². The number of pyridine rings is 1. The number of hydrogen-bond donors (Lipinski definition) is 1. The van der Waals surface area contributed by atoms with Gasteiger partial charge >= 0.3 is 0 Å². The number of hydrogen-bond acceptors (Lipinski definition) is 2. The Balaban J connectivity index is 2.84. The lowest BCUT2D eigenvalue weighted by Crippen LogP contribution is -1.89. The molecular weight excluding hydrogens is 216 g/mol. The molecule has 0 aliphatic rings. The van der Waals surface area contributed by atoms with E-state index >= 15 is 0 Å². The summed E-state index contributed by atoms with van der Waals surface area (Å²) < 4.78 is 0.709. The minimum atomic E-state index is 0.675. The number of halogens is 1. The zero-order valence-corrected chi connectivity index (χ0v) is 7.88. The fourth-order valence-corrected chi connectivity index (χ4v) is 1.41. The van der Waals surface area contributed by atoms with Crippen LogP contribution in [0, 0.1) is 0 Å². The van der Waals surface area contributed by atoms with E-state index in [0.29, 0.717) is 10.3 Å². The van der Waals surface area contributed by atoms with E-state index in [-0.39, 0.29) is 0 Å². The summed E-state index contributed by atoms with van der Waals surface area (Å²) in [5, 5.41) is 1.07. The van der Waals surface area contributed by atoms with Gasteiger partial charge in [0.15, 0.2) is 0 Å². The molecule has 2 N–H and O–H groups in total. The Labute approximate surface area is 78.5 Å². The zero-order chi connectivity index (χ0) is 8.55. The minimum Gasteiger partial charge on any atom is -0.397 e. The summed E-state index contributed by atoms with van der Waals surface area (Å²) in [6.45, 7) is 0. The number of nitrogens with two attached hydrogens (primary N) is 1. The Morgan fingerprint density at radius 3 is 2.83 bits per heavy atom. The predicted octanol–water partition coefficient (Wildman–Crippen LogP) is 2.58. The Morgan fingerprint density at radius 1 is 1.25 bits per heavy atom. The van der Waals surface area contributed by atoms with E-state index in [2.05, 4.69) is 20.9 Å². The highest BCUT2D eigenvalue weighted by Crippen LogP contribution is 2.21. The number of benzene rings is 1. The van der Waals surface area contributed by atoms with Gasteiger partial charge in [-0.25, -0.2) is 4.98 Å². The van der Waals surface area contributed by atoms with Crippen molar-refractivity contribution in [2.24, 2.45) is 0 Å². The second kappa shape index (κ2) is 2.75. The van der Waals surface area contributed by atoms with E-state index in [4.69, 9.17) is 5.73 Å². The molecular formula is C9H7BrN2. The second-order valence-corrected chi connectivity index (χ2v) is 3.31. The number of nitrogen functional groups attached to an aromatic ring is 1. The van der Waals surface area contributed by atoms with E-state index < -0.39 is 0 Å². The molecule has 2 aromatic rings. The first kappa shape index (κ1) is 7.55. The van der Waals surface area contributed by atoms with Crippen molar-refractivity contribution >= 4 is 32.5 Å². The van der Waals surface area contributed by atoms with Crippen molar-refractivity contribution in [3.63, 3.8) is 0 Å². The molecule has 0 radical (unpaired) electrons. The molecule has 0 atom stereocenters. The lowest BCUT2D eigenvalue weighted by molar-refractivity contribution is 1.36. The third-order valence-electron chi connectivity index (χ3n) is 1.70. The summed E-state index contributed by atoms with van der Waals surface area (Å²) in [5.74, 6) is 0. The zero-order valence-electron chi connectivity index (χ0n) is 6.29. The maximum Gasteiger partial charge on any atom is 0.129 e. The molecule has 0 bridgehead atoms. The molecule has 0 fully saturated rings. The van der Waals surface area contributed by atoms with Crippen LogP contribution in [0.15, 0.2) is 34.9 Å². The van der Waals surface area contributed by atoms with E-state index in [0.717, 1.165) is 10.9 Å². The average molecular weight is 223 g/mol. The standard InChI is InChI=1S/C9H7BrN2/c10-9-7(11)5-6-3-1-2-4-8(6)12-9/h1-5H,11H2. The molecule has 0 amide bonds. The van der Waals surface area contributed by atoms with Gasteiger partial charge in [0.2, 0.25) is 0 Å². The Kier molecular flexibility index (Phi) is 1.73. The summed E-state index contributed by atoms with van der Waals surface area (Å²) in [7, 11) is 0. The van der Waals surface area contributed by atoms with Crippen LogP contribution in [-0.2, 0) is 0 Å². The summed E-state index contributed by atoms with van der Waals surface area (Å²) in [6.07, 6.45) is 0. The maximum atomic E-state index is 5.68. The van der Waals surface area contributed by atoms with Crippen molar-refractivity contribution in [1.82, 2.24) is 4.98 Å². The number of anilines is 1. The first-order valence-electron chi connectivity index (χ1n) is 3.58. The number of fused-ring (bicyclic) bond motifs is 1. The SMILES string of the molecule is Nc1cc2ccccc2nc1Br.